The lowest BCUT2D eigenvalue weighted by atomic mass is 10.0. The third kappa shape index (κ3) is 6.01. The van der Waals surface area contributed by atoms with Gasteiger partial charge in [0.1, 0.15) is 15.8 Å². The zero-order chi connectivity index (χ0) is 21.7. The molecule has 0 spiro atoms. The summed E-state index contributed by atoms with van der Waals surface area (Å²) in [5, 5.41) is 12.1. The molecule has 0 aliphatic rings. The highest BCUT2D eigenvalue weighted by molar-refractivity contribution is 7.14. The van der Waals surface area contributed by atoms with Crippen LogP contribution in [0.25, 0.3) is 10.6 Å². The van der Waals surface area contributed by atoms with Gasteiger partial charge in [0.15, 0.2) is 0 Å². The first-order valence-electron chi connectivity index (χ1n) is 8.98. The van der Waals surface area contributed by atoms with Gasteiger partial charge in [-0.15, -0.1) is 23.4 Å². The van der Waals surface area contributed by atoms with Crippen molar-refractivity contribution >= 4 is 17.2 Å². The molecular weight excluding hydrogens is 417 g/mol. The fourth-order valence-corrected chi connectivity index (χ4v) is 3.70. The van der Waals surface area contributed by atoms with Gasteiger partial charge in [-0.05, 0) is 29.7 Å². The number of nitrogens with zero attached hydrogens (tertiary/aromatic N) is 2. The van der Waals surface area contributed by atoms with Crippen molar-refractivity contribution in [1.29, 1.82) is 0 Å². The number of ether oxygens (including phenoxy) is 1. The van der Waals surface area contributed by atoms with Crippen molar-refractivity contribution in [2.75, 3.05) is 0 Å². The van der Waals surface area contributed by atoms with Crippen molar-refractivity contribution in [3.8, 4) is 16.3 Å². The van der Waals surface area contributed by atoms with E-state index in [0.717, 1.165) is 11.1 Å². The average Bonchev–Trinajstić information content (AvgIpc) is 3.17. The number of carbonyl (C=O) groups excluding carboxylic acids is 1. The molecule has 1 amide bonds. The summed E-state index contributed by atoms with van der Waals surface area (Å²) in [6.45, 7) is 1.84. The minimum atomic E-state index is -4.78. The van der Waals surface area contributed by atoms with Crippen LogP contribution < -0.4 is 15.8 Å². The summed E-state index contributed by atoms with van der Waals surface area (Å²) in [6, 6.07) is 12.8. The lowest BCUT2D eigenvalue weighted by Gasteiger charge is -2.15. The second kappa shape index (κ2) is 9.23. The number of amides is 1. The third-order valence-electron chi connectivity index (χ3n) is 4.13. The van der Waals surface area contributed by atoms with Crippen LogP contribution in [0.1, 0.15) is 29.1 Å². The van der Waals surface area contributed by atoms with Crippen LogP contribution in [0.5, 0.6) is 5.75 Å². The van der Waals surface area contributed by atoms with Crippen LogP contribution in [-0.4, -0.2) is 22.5 Å². The van der Waals surface area contributed by atoms with Crippen molar-refractivity contribution in [3.63, 3.8) is 0 Å². The smallest absolute Gasteiger partial charge is 0.406 e. The molecule has 0 aliphatic carbocycles. The number of rotatable bonds is 7. The molecule has 0 fully saturated rings. The topological polar surface area (TPSA) is 90.1 Å². The number of halogens is 3. The monoisotopic (exact) mass is 436 g/mol. The number of nitrogens with two attached hydrogens (primary N) is 1. The summed E-state index contributed by atoms with van der Waals surface area (Å²) < 4.78 is 41.4. The summed E-state index contributed by atoms with van der Waals surface area (Å²) in [6.07, 6.45) is -4.29. The maximum atomic E-state index is 12.5. The molecule has 3 N–H and O–H groups in total. The van der Waals surface area contributed by atoms with E-state index in [1.165, 1.54) is 36.5 Å². The lowest BCUT2D eigenvalue weighted by Crippen LogP contribution is -2.27. The van der Waals surface area contributed by atoms with E-state index in [-0.39, 0.29) is 11.7 Å². The van der Waals surface area contributed by atoms with Gasteiger partial charge in [0.25, 0.3) is 0 Å². The van der Waals surface area contributed by atoms with Crippen LogP contribution in [0.4, 0.5) is 13.2 Å². The van der Waals surface area contributed by atoms with E-state index in [2.05, 4.69) is 20.3 Å². The molecule has 0 radical (unpaired) electrons. The number of hydrogen-bond acceptors (Lipinski definition) is 6. The standard InChI is InChI=1S/C20H19F3N4O2S/c1-12(28)25-17(9-13-5-7-14(11-24)8-6-13)19-27-26-18(30-19)15-3-2-4-16(10-15)29-20(21,22)23/h2-8,10,17H,9,11,24H2,1H3,(H,25,28). The zero-order valence-corrected chi connectivity index (χ0v) is 16.8. The first kappa shape index (κ1) is 21.7. The highest BCUT2D eigenvalue weighted by atomic mass is 32.1. The largest absolute Gasteiger partial charge is 0.573 e. The second-order valence-corrected chi connectivity index (χ2v) is 7.51. The lowest BCUT2D eigenvalue weighted by molar-refractivity contribution is -0.274. The molecule has 1 aromatic heterocycles. The molecule has 10 heteroatoms. The average molecular weight is 436 g/mol. The molecular formula is C20H19F3N4O2S. The Kier molecular flexibility index (Phi) is 6.68. The third-order valence-corrected chi connectivity index (χ3v) is 5.22. The van der Waals surface area contributed by atoms with Gasteiger partial charge in [0.2, 0.25) is 5.91 Å². The van der Waals surface area contributed by atoms with E-state index >= 15 is 0 Å². The van der Waals surface area contributed by atoms with Gasteiger partial charge in [0.05, 0.1) is 6.04 Å². The van der Waals surface area contributed by atoms with E-state index in [4.69, 9.17) is 5.73 Å². The molecule has 1 atom stereocenters. The first-order chi connectivity index (χ1) is 14.2. The summed E-state index contributed by atoms with van der Waals surface area (Å²) in [5.74, 6) is -0.564. The molecule has 1 heterocycles. The molecule has 1 unspecified atom stereocenters. The van der Waals surface area contributed by atoms with Crippen LogP contribution in [0, 0.1) is 0 Å². The second-order valence-electron chi connectivity index (χ2n) is 6.50. The normalized spacial score (nSPS) is 12.4. The van der Waals surface area contributed by atoms with E-state index in [9.17, 15) is 18.0 Å². The summed E-state index contributed by atoms with van der Waals surface area (Å²) in [5.41, 5.74) is 8.02. The molecule has 0 bridgehead atoms. The molecule has 2 aromatic carbocycles. The Bertz CT molecular complexity index is 1010. The van der Waals surface area contributed by atoms with Gasteiger partial charge >= 0.3 is 6.36 Å². The molecule has 158 valence electrons. The van der Waals surface area contributed by atoms with E-state index in [1.807, 2.05) is 24.3 Å². The van der Waals surface area contributed by atoms with Gasteiger partial charge in [-0.2, -0.15) is 0 Å². The number of aromatic nitrogens is 2. The van der Waals surface area contributed by atoms with E-state index < -0.39 is 12.4 Å². The Morgan fingerprint density at radius 2 is 1.87 bits per heavy atom. The predicted octanol–water partition coefficient (Wildman–Crippen LogP) is 3.98. The molecule has 30 heavy (non-hydrogen) atoms. The van der Waals surface area contributed by atoms with Crippen LogP contribution in [0.3, 0.4) is 0 Å². The Labute approximate surface area is 174 Å². The minimum Gasteiger partial charge on any atom is -0.406 e. The van der Waals surface area contributed by atoms with Crippen LogP contribution in [0.2, 0.25) is 0 Å². The molecule has 0 saturated carbocycles. The van der Waals surface area contributed by atoms with Crippen molar-refractivity contribution in [2.45, 2.75) is 32.3 Å². The fourth-order valence-electron chi connectivity index (χ4n) is 2.81. The Hall–Kier alpha value is -2.98. The summed E-state index contributed by atoms with van der Waals surface area (Å²) in [7, 11) is 0. The SMILES string of the molecule is CC(=O)NC(Cc1ccc(CN)cc1)c1nnc(-c2cccc(OC(F)(F)F)c2)s1. The number of hydrogen-bond donors (Lipinski definition) is 2. The van der Waals surface area contributed by atoms with Gasteiger partial charge in [-0.3, -0.25) is 4.79 Å². The first-order valence-corrected chi connectivity index (χ1v) is 9.79. The quantitative estimate of drug-likeness (QED) is 0.585. The number of nitrogens with one attached hydrogen (secondary N) is 1. The number of alkyl halides is 3. The van der Waals surface area contributed by atoms with E-state index in [0.29, 0.717) is 28.5 Å². The van der Waals surface area contributed by atoms with Crippen LogP contribution in [-0.2, 0) is 17.8 Å². The van der Waals surface area contributed by atoms with Gasteiger partial charge in [-0.25, -0.2) is 0 Å². The molecule has 0 saturated heterocycles. The van der Waals surface area contributed by atoms with Crippen molar-refractivity contribution < 1.29 is 22.7 Å². The van der Waals surface area contributed by atoms with Gasteiger partial charge < -0.3 is 15.8 Å². The molecule has 6 nitrogen and oxygen atoms in total. The van der Waals surface area contributed by atoms with Crippen LogP contribution in [0.15, 0.2) is 48.5 Å². The van der Waals surface area contributed by atoms with Gasteiger partial charge in [0, 0.05) is 19.0 Å². The highest BCUT2D eigenvalue weighted by Crippen LogP contribution is 2.32. The molecule has 3 aromatic rings. The highest BCUT2D eigenvalue weighted by Gasteiger charge is 2.31. The summed E-state index contributed by atoms with van der Waals surface area (Å²) in [4.78, 5) is 11.7. The van der Waals surface area contributed by atoms with Crippen molar-refractivity contribution in [2.24, 2.45) is 5.73 Å². The number of benzene rings is 2. The zero-order valence-electron chi connectivity index (χ0n) is 15.9. The number of carbonyl (C=O) groups is 1. The summed E-state index contributed by atoms with van der Waals surface area (Å²) >= 11 is 1.20. The molecule has 0 aliphatic heterocycles. The maximum absolute atomic E-state index is 12.5. The Balaban J connectivity index is 1.83. The maximum Gasteiger partial charge on any atom is 0.573 e. The Morgan fingerprint density at radius 3 is 2.50 bits per heavy atom. The van der Waals surface area contributed by atoms with Crippen LogP contribution >= 0.6 is 11.3 Å². The fraction of sp³-hybridized carbons (Fsp3) is 0.250. The molecule has 3 rings (SSSR count). The van der Waals surface area contributed by atoms with Gasteiger partial charge in [-0.1, -0.05) is 47.7 Å². The van der Waals surface area contributed by atoms with Crippen molar-refractivity contribution in [3.05, 3.63) is 64.7 Å². The predicted molar refractivity (Wildman–Crippen MR) is 107 cm³/mol. The Morgan fingerprint density at radius 1 is 1.17 bits per heavy atom. The van der Waals surface area contributed by atoms with Crippen molar-refractivity contribution in [1.82, 2.24) is 15.5 Å². The minimum absolute atomic E-state index is 0.226. The van der Waals surface area contributed by atoms with E-state index in [1.54, 1.807) is 6.07 Å².